The molecule has 0 aliphatic heterocycles. The van der Waals surface area contributed by atoms with Crippen LogP contribution in [-0.2, 0) is 16.0 Å². The fourth-order valence-electron chi connectivity index (χ4n) is 2.99. The summed E-state index contributed by atoms with van der Waals surface area (Å²) in [6.07, 6.45) is 5.84. The average molecular weight is 311 g/mol. The number of carbonyl (C=O) groups is 2. The van der Waals surface area contributed by atoms with E-state index in [1.807, 2.05) is 6.92 Å². The number of aryl methyl sites for hydroxylation is 1. The summed E-state index contributed by atoms with van der Waals surface area (Å²) in [5.41, 5.74) is -0.396. The summed E-state index contributed by atoms with van der Waals surface area (Å²) in [5, 5.41) is 21.1. The number of hydrogen-bond acceptors (Lipinski definition) is 5. The molecule has 0 atom stereocenters. The van der Waals surface area contributed by atoms with Gasteiger partial charge in [0.1, 0.15) is 5.01 Å². The summed E-state index contributed by atoms with van der Waals surface area (Å²) < 4.78 is 0. The topological polar surface area (TPSA) is 92.2 Å². The Balaban J connectivity index is 1.98. The van der Waals surface area contributed by atoms with Crippen molar-refractivity contribution in [1.82, 2.24) is 10.2 Å². The highest BCUT2D eigenvalue weighted by Crippen LogP contribution is 2.42. The molecule has 1 heterocycles. The van der Waals surface area contributed by atoms with E-state index in [9.17, 15) is 9.59 Å². The van der Waals surface area contributed by atoms with Crippen LogP contribution in [0.1, 0.15) is 56.9 Å². The van der Waals surface area contributed by atoms with E-state index in [1.54, 1.807) is 0 Å². The lowest BCUT2D eigenvalue weighted by molar-refractivity contribution is -0.140. The zero-order valence-electron chi connectivity index (χ0n) is 12.2. The summed E-state index contributed by atoms with van der Waals surface area (Å²) in [6.45, 7) is 1.98. The molecule has 116 valence electrons. The normalized spacial score (nSPS) is 17.4. The van der Waals surface area contributed by atoms with E-state index in [0.29, 0.717) is 5.13 Å². The molecule has 0 unspecified atom stereocenters. The summed E-state index contributed by atoms with van der Waals surface area (Å²) in [5.74, 6) is -0.981. The van der Waals surface area contributed by atoms with Crippen molar-refractivity contribution in [1.29, 1.82) is 0 Å². The molecule has 1 amide bonds. The van der Waals surface area contributed by atoms with Crippen molar-refractivity contribution >= 4 is 28.3 Å². The van der Waals surface area contributed by atoms with E-state index in [4.69, 9.17) is 5.11 Å². The van der Waals surface area contributed by atoms with Crippen LogP contribution in [0.5, 0.6) is 0 Å². The Kier molecular flexibility index (Phi) is 5.27. The average Bonchev–Trinajstić information content (AvgIpc) is 2.86. The van der Waals surface area contributed by atoms with Crippen LogP contribution < -0.4 is 5.32 Å². The first kappa shape index (κ1) is 15.9. The molecular formula is C14H21N3O3S. The molecule has 21 heavy (non-hydrogen) atoms. The maximum atomic E-state index is 12.2. The van der Waals surface area contributed by atoms with Gasteiger partial charge in [0.25, 0.3) is 0 Å². The minimum Gasteiger partial charge on any atom is -0.481 e. The Morgan fingerprint density at radius 1 is 1.24 bits per heavy atom. The van der Waals surface area contributed by atoms with Crippen LogP contribution in [0.3, 0.4) is 0 Å². The van der Waals surface area contributed by atoms with Crippen LogP contribution in [0.2, 0.25) is 0 Å². The lowest BCUT2D eigenvalue weighted by Crippen LogP contribution is -2.32. The summed E-state index contributed by atoms with van der Waals surface area (Å²) in [6, 6.07) is 0. The molecule has 1 aliphatic carbocycles. The fourth-order valence-corrected chi connectivity index (χ4v) is 3.69. The smallest absolute Gasteiger partial charge is 0.303 e. The lowest BCUT2D eigenvalue weighted by atomic mass is 9.69. The third-order valence-corrected chi connectivity index (χ3v) is 4.97. The first-order valence-corrected chi connectivity index (χ1v) is 8.19. The van der Waals surface area contributed by atoms with Crippen molar-refractivity contribution in [3.8, 4) is 0 Å². The number of amides is 1. The molecule has 0 aromatic carbocycles. The van der Waals surface area contributed by atoms with Gasteiger partial charge in [-0.25, -0.2) is 0 Å². The predicted molar refractivity (Wildman–Crippen MR) is 80.3 cm³/mol. The molecule has 0 bridgehead atoms. The summed E-state index contributed by atoms with van der Waals surface area (Å²) in [4.78, 5) is 23.3. The number of hydrogen-bond donors (Lipinski definition) is 2. The second kappa shape index (κ2) is 6.98. The van der Waals surface area contributed by atoms with E-state index >= 15 is 0 Å². The van der Waals surface area contributed by atoms with E-state index in [0.717, 1.165) is 43.5 Å². The number of carbonyl (C=O) groups excluding carboxylic acids is 1. The quantitative estimate of drug-likeness (QED) is 0.842. The molecule has 2 rings (SSSR count). The van der Waals surface area contributed by atoms with Gasteiger partial charge in [-0.15, -0.1) is 10.2 Å². The minimum absolute atomic E-state index is 0.0662. The van der Waals surface area contributed by atoms with Gasteiger partial charge in [-0.2, -0.15) is 0 Å². The van der Waals surface area contributed by atoms with Gasteiger partial charge < -0.3 is 10.4 Å². The summed E-state index contributed by atoms with van der Waals surface area (Å²) >= 11 is 1.37. The highest BCUT2D eigenvalue weighted by atomic mass is 32.1. The number of aliphatic carboxylic acids is 1. The van der Waals surface area contributed by atoms with Crippen molar-refractivity contribution in [2.75, 3.05) is 5.32 Å². The highest BCUT2D eigenvalue weighted by Gasteiger charge is 2.36. The zero-order valence-corrected chi connectivity index (χ0v) is 13.0. The number of anilines is 1. The molecule has 2 N–H and O–H groups in total. The van der Waals surface area contributed by atoms with Gasteiger partial charge in [-0.05, 0) is 24.7 Å². The Labute approximate surface area is 128 Å². The fraction of sp³-hybridized carbons (Fsp3) is 0.714. The maximum Gasteiger partial charge on any atom is 0.303 e. The Morgan fingerprint density at radius 3 is 2.52 bits per heavy atom. The van der Waals surface area contributed by atoms with Gasteiger partial charge in [0.2, 0.25) is 11.0 Å². The molecule has 1 saturated carbocycles. The molecule has 1 aromatic heterocycles. The van der Waals surface area contributed by atoms with Crippen LogP contribution in [0.25, 0.3) is 0 Å². The second-order valence-electron chi connectivity index (χ2n) is 5.71. The molecule has 1 aromatic rings. The van der Waals surface area contributed by atoms with Crippen molar-refractivity contribution in [2.24, 2.45) is 5.41 Å². The van der Waals surface area contributed by atoms with Crippen LogP contribution in [-0.4, -0.2) is 27.2 Å². The first-order valence-electron chi connectivity index (χ1n) is 7.37. The largest absolute Gasteiger partial charge is 0.481 e. The standard InChI is InChI=1S/C14H21N3O3S/c1-2-11-16-17-13(21-11)15-10(18)8-14(9-12(19)20)6-4-3-5-7-14/h2-9H2,1H3,(H,19,20)(H,15,17,18). The van der Waals surface area contributed by atoms with Gasteiger partial charge in [0, 0.05) is 6.42 Å². The van der Waals surface area contributed by atoms with Crippen LogP contribution in [0.4, 0.5) is 5.13 Å². The molecule has 0 radical (unpaired) electrons. The molecule has 6 nitrogen and oxygen atoms in total. The van der Waals surface area contributed by atoms with Crippen molar-refractivity contribution < 1.29 is 14.7 Å². The van der Waals surface area contributed by atoms with Crippen LogP contribution >= 0.6 is 11.3 Å². The number of rotatable bonds is 6. The van der Waals surface area contributed by atoms with E-state index in [1.165, 1.54) is 11.3 Å². The van der Waals surface area contributed by atoms with E-state index in [-0.39, 0.29) is 18.7 Å². The van der Waals surface area contributed by atoms with Crippen LogP contribution in [0, 0.1) is 5.41 Å². The minimum atomic E-state index is -0.825. The Bertz CT molecular complexity index is 509. The van der Waals surface area contributed by atoms with E-state index in [2.05, 4.69) is 15.5 Å². The maximum absolute atomic E-state index is 12.2. The molecule has 7 heteroatoms. The monoisotopic (exact) mass is 311 g/mol. The SMILES string of the molecule is CCc1nnc(NC(=O)CC2(CC(=O)O)CCCCC2)s1. The van der Waals surface area contributed by atoms with Crippen molar-refractivity contribution in [3.63, 3.8) is 0 Å². The number of carboxylic acids is 1. The first-order chi connectivity index (χ1) is 10.0. The number of aromatic nitrogens is 2. The zero-order chi connectivity index (χ0) is 15.3. The van der Waals surface area contributed by atoms with E-state index < -0.39 is 11.4 Å². The Hall–Kier alpha value is -1.50. The third kappa shape index (κ3) is 4.49. The Morgan fingerprint density at radius 2 is 1.95 bits per heavy atom. The second-order valence-corrected chi connectivity index (χ2v) is 6.77. The molecule has 0 spiro atoms. The molecule has 1 fully saturated rings. The third-order valence-electron chi connectivity index (χ3n) is 3.99. The molecule has 0 saturated heterocycles. The van der Waals surface area contributed by atoms with Crippen molar-refractivity contribution in [2.45, 2.75) is 58.3 Å². The van der Waals surface area contributed by atoms with Gasteiger partial charge >= 0.3 is 5.97 Å². The lowest BCUT2D eigenvalue weighted by Gasteiger charge is -2.35. The molecule has 1 aliphatic rings. The highest BCUT2D eigenvalue weighted by molar-refractivity contribution is 7.15. The van der Waals surface area contributed by atoms with Gasteiger partial charge in [-0.1, -0.05) is 37.5 Å². The summed E-state index contributed by atoms with van der Waals surface area (Å²) in [7, 11) is 0. The number of nitrogens with zero attached hydrogens (tertiary/aromatic N) is 2. The number of nitrogens with one attached hydrogen (secondary N) is 1. The van der Waals surface area contributed by atoms with Crippen molar-refractivity contribution in [3.05, 3.63) is 5.01 Å². The predicted octanol–water partition coefficient (Wildman–Crippen LogP) is 2.85. The molecular weight excluding hydrogens is 290 g/mol. The van der Waals surface area contributed by atoms with Gasteiger partial charge in [0.15, 0.2) is 0 Å². The number of carboxylic acid groups (broad SMARTS) is 1. The van der Waals surface area contributed by atoms with Gasteiger partial charge in [-0.3, -0.25) is 9.59 Å². The van der Waals surface area contributed by atoms with Crippen LogP contribution in [0.15, 0.2) is 0 Å². The van der Waals surface area contributed by atoms with Gasteiger partial charge in [0.05, 0.1) is 6.42 Å².